The van der Waals surface area contributed by atoms with Crippen LogP contribution in [0, 0.1) is 0 Å². The van der Waals surface area contributed by atoms with Crippen LogP contribution in [0.3, 0.4) is 0 Å². The van der Waals surface area contributed by atoms with Gasteiger partial charge in [-0.05, 0) is 18.2 Å². The number of alkyl halides is 3. The Morgan fingerprint density at radius 1 is 1.00 bits per heavy atom. The van der Waals surface area contributed by atoms with E-state index < -0.39 is 11.7 Å². The molecule has 21 heavy (non-hydrogen) atoms. The molecular formula is C14H7Cl2F3N2. The van der Waals surface area contributed by atoms with Crippen LogP contribution in [0.5, 0.6) is 0 Å². The van der Waals surface area contributed by atoms with Gasteiger partial charge in [0.15, 0.2) is 5.65 Å². The molecule has 0 aliphatic carbocycles. The first kappa shape index (κ1) is 14.2. The van der Waals surface area contributed by atoms with Crippen molar-refractivity contribution in [1.29, 1.82) is 0 Å². The molecular weight excluding hydrogens is 324 g/mol. The zero-order valence-electron chi connectivity index (χ0n) is 10.3. The fourth-order valence-electron chi connectivity index (χ4n) is 1.97. The number of hydrogen-bond acceptors (Lipinski definition) is 1. The van der Waals surface area contributed by atoms with Gasteiger partial charge in [0.1, 0.15) is 0 Å². The number of aromatic nitrogens is 2. The molecule has 3 aromatic rings. The lowest BCUT2D eigenvalue weighted by atomic mass is 10.2. The largest absolute Gasteiger partial charge is 0.417 e. The van der Waals surface area contributed by atoms with E-state index in [0.717, 1.165) is 17.8 Å². The maximum atomic E-state index is 12.8. The van der Waals surface area contributed by atoms with Crippen molar-refractivity contribution in [2.24, 2.45) is 0 Å². The van der Waals surface area contributed by atoms with Crippen LogP contribution in [0.2, 0.25) is 10.0 Å². The predicted octanol–water partition coefficient (Wildman–Crippen LogP) is 5.33. The maximum Gasteiger partial charge on any atom is 0.417 e. The zero-order chi connectivity index (χ0) is 15.2. The van der Waals surface area contributed by atoms with Crippen LogP contribution in [-0.2, 0) is 6.18 Å². The minimum atomic E-state index is -4.46. The molecule has 2 nitrogen and oxygen atoms in total. The molecule has 0 bridgehead atoms. The van der Waals surface area contributed by atoms with Gasteiger partial charge in [0.25, 0.3) is 0 Å². The van der Waals surface area contributed by atoms with Crippen molar-refractivity contribution in [3.8, 4) is 11.3 Å². The Balaban J connectivity index is 2.16. The summed E-state index contributed by atoms with van der Waals surface area (Å²) in [4.78, 5) is 4.26. The van der Waals surface area contributed by atoms with Gasteiger partial charge < -0.3 is 4.40 Å². The van der Waals surface area contributed by atoms with Crippen LogP contribution in [0.4, 0.5) is 13.2 Å². The highest BCUT2D eigenvalue weighted by atomic mass is 35.5. The Hall–Kier alpha value is -1.72. The number of nitrogens with zero attached hydrogens (tertiary/aromatic N) is 2. The summed E-state index contributed by atoms with van der Waals surface area (Å²) in [6, 6.07) is 7.72. The van der Waals surface area contributed by atoms with Crippen molar-refractivity contribution >= 4 is 28.8 Å². The normalized spacial score (nSPS) is 12.0. The van der Waals surface area contributed by atoms with Gasteiger partial charge in [-0.15, -0.1) is 0 Å². The second-order valence-electron chi connectivity index (χ2n) is 4.44. The summed E-state index contributed by atoms with van der Waals surface area (Å²) in [5.74, 6) is 0. The molecule has 0 spiro atoms. The van der Waals surface area contributed by atoms with Gasteiger partial charge in [0.05, 0.1) is 16.3 Å². The van der Waals surface area contributed by atoms with Crippen molar-refractivity contribution in [2.45, 2.75) is 6.18 Å². The second kappa shape index (κ2) is 4.93. The molecule has 108 valence electrons. The summed E-state index contributed by atoms with van der Waals surface area (Å²) in [5.41, 5.74) is 0.718. The highest BCUT2D eigenvalue weighted by molar-refractivity contribution is 6.33. The molecule has 0 saturated heterocycles. The summed E-state index contributed by atoms with van der Waals surface area (Å²) in [6.07, 6.45) is -1.99. The van der Waals surface area contributed by atoms with E-state index in [2.05, 4.69) is 4.98 Å². The molecule has 0 amide bonds. The molecule has 0 aliphatic heterocycles. The van der Waals surface area contributed by atoms with Gasteiger partial charge in [-0.1, -0.05) is 35.3 Å². The summed E-state index contributed by atoms with van der Waals surface area (Å²) in [5, 5.41) is 0.518. The maximum absolute atomic E-state index is 12.8. The van der Waals surface area contributed by atoms with E-state index in [4.69, 9.17) is 23.2 Å². The summed E-state index contributed by atoms with van der Waals surface area (Å²) in [6.45, 7) is 0. The SMILES string of the molecule is FC(F)(F)c1cc(Cl)c2nc(-c3ccc(Cl)cc3)cn2c1. The number of fused-ring (bicyclic) bond motifs is 1. The lowest BCUT2D eigenvalue weighted by molar-refractivity contribution is -0.137. The van der Waals surface area contributed by atoms with Crippen LogP contribution in [0.15, 0.2) is 42.7 Å². The Morgan fingerprint density at radius 2 is 1.67 bits per heavy atom. The third-order valence-corrected chi connectivity index (χ3v) is 3.50. The van der Waals surface area contributed by atoms with Crippen LogP contribution in [0.25, 0.3) is 16.9 Å². The third-order valence-electron chi connectivity index (χ3n) is 2.97. The van der Waals surface area contributed by atoms with Crippen LogP contribution >= 0.6 is 23.2 Å². The molecule has 0 unspecified atom stereocenters. The van der Waals surface area contributed by atoms with E-state index in [1.165, 1.54) is 10.6 Å². The van der Waals surface area contributed by atoms with Gasteiger partial charge in [0.2, 0.25) is 0 Å². The molecule has 0 fully saturated rings. The lowest BCUT2D eigenvalue weighted by Gasteiger charge is -2.07. The van der Waals surface area contributed by atoms with E-state index in [9.17, 15) is 13.2 Å². The van der Waals surface area contributed by atoms with Crippen LogP contribution in [0.1, 0.15) is 5.56 Å². The Bertz CT molecular complexity index is 807. The number of hydrogen-bond donors (Lipinski definition) is 0. The topological polar surface area (TPSA) is 17.3 Å². The lowest BCUT2D eigenvalue weighted by Crippen LogP contribution is -2.06. The van der Waals surface area contributed by atoms with Gasteiger partial charge >= 0.3 is 6.18 Å². The third kappa shape index (κ3) is 2.71. The highest BCUT2D eigenvalue weighted by Crippen LogP contribution is 2.33. The monoisotopic (exact) mass is 330 g/mol. The molecule has 2 heterocycles. The number of pyridine rings is 1. The number of rotatable bonds is 1. The minimum Gasteiger partial charge on any atom is -0.305 e. The van der Waals surface area contributed by atoms with Gasteiger partial charge in [0, 0.05) is 23.0 Å². The molecule has 2 aromatic heterocycles. The summed E-state index contributed by atoms with van der Waals surface area (Å²) < 4.78 is 39.6. The number of halogens is 5. The minimum absolute atomic E-state index is 0.0509. The standard InChI is InChI=1S/C14H7Cl2F3N2/c15-10-3-1-8(2-4-10)12-7-21-6-9(14(17,18)19)5-11(16)13(21)20-12/h1-7H. The fraction of sp³-hybridized carbons (Fsp3) is 0.0714. The first-order valence-corrected chi connectivity index (χ1v) is 6.61. The molecule has 7 heteroatoms. The molecule has 0 atom stereocenters. The highest BCUT2D eigenvalue weighted by Gasteiger charge is 2.31. The number of benzene rings is 1. The van der Waals surface area contributed by atoms with Crippen molar-refractivity contribution < 1.29 is 13.2 Å². The Morgan fingerprint density at radius 3 is 2.29 bits per heavy atom. The summed E-state index contributed by atoms with van der Waals surface area (Å²) in [7, 11) is 0. The quantitative estimate of drug-likeness (QED) is 0.589. The smallest absolute Gasteiger partial charge is 0.305 e. The average Bonchev–Trinajstić information content (AvgIpc) is 2.83. The molecule has 1 aromatic carbocycles. The van der Waals surface area contributed by atoms with Crippen LogP contribution < -0.4 is 0 Å². The Labute approximate surface area is 127 Å². The van der Waals surface area contributed by atoms with Crippen molar-refractivity contribution in [1.82, 2.24) is 9.38 Å². The first-order chi connectivity index (χ1) is 9.84. The van der Waals surface area contributed by atoms with Crippen molar-refractivity contribution in [2.75, 3.05) is 0 Å². The van der Waals surface area contributed by atoms with Gasteiger partial charge in [-0.2, -0.15) is 13.2 Å². The Kier molecular flexibility index (Phi) is 3.34. The molecule has 0 saturated carbocycles. The average molecular weight is 331 g/mol. The molecule has 0 N–H and O–H groups in total. The number of imidazole rings is 1. The predicted molar refractivity (Wildman–Crippen MR) is 75.7 cm³/mol. The molecule has 3 rings (SSSR count). The van der Waals surface area contributed by atoms with Crippen LogP contribution in [-0.4, -0.2) is 9.38 Å². The van der Waals surface area contributed by atoms with E-state index in [1.54, 1.807) is 24.3 Å². The van der Waals surface area contributed by atoms with Gasteiger partial charge in [-0.3, -0.25) is 0 Å². The summed E-state index contributed by atoms with van der Waals surface area (Å²) >= 11 is 11.7. The van der Waals surface area contributed by atoms with Gasteiger partial charge in [-0.25, -0.2) is 4.98 Å². The van der Waals surface area contributed by atoms with Crippen molar-refractivity contribution in [3.63, 3.8) is 0 Å². The van der Waals surface area contributed by atoms with E-state index in [1.807, 2.05) is 0 Å². The second-order valence-corrected chi connectivity index (χ2v) is 5.28. The fourth-order valence-corrected chi connectivity index (χ4v) is 2.36. The van der Waals surface area contributed by atoms with E-state index in [0.29, 0.717) is 10.7 Å². The van der Waals surface area contributed by atoms with E-state index >= 15 is 0 Å². The molecule has 0 radical (unpaired) electrons. The molecule has 0 aliphatic rings. The zero-order valence-corrected chi connectivity index (χ0v) is 11.8. The van der Waals surface area contributed by atoms with E-state index in [-0.39, 0.29) is 10.7 Å². The first-order valence-electron chi connectivity index (χ1n) is 5.86. The van der Waals surface area contributed by atoms with Crippen molar-refractivity contribution in [3.05, 3.63) is 58.3 Å².